The molecule has 11 heteroatoms. The Hall–Kier alpha value is -2.30. The predicted molar refractivity (Wildman–Crippen MR) is 62.6 cm³/mol. The number of nitrogens with zero attached hydrogens (tertiary/aromatic N) is 2. The van der Waals surface area contributed by atoms with Gasteiger partial charge >= 0.3 is 22.3 Å². The van der Waals surface area contributed by atoms with Crippen LogP contribution in [0.2, 0.25) is 0 Å². The summed E-state index contributed by atoms with van der Waals surface area (Å²) in [6.07, 6.45) is 1.15. The summed E-state index contributed by atoms with van der Waals surface area (Å²) in [5.41, 5.74) is 0.0121. The number of aromatic nitrogens is 2. The number of carbonyl (C=O) groups is 2. The number of nitrogens with one attached hydrogen (secondary N) is 2. The molecule has 0 unspecified atom stereocenters. The van der Waals surface area contributed by atoms with E-state index in [9.17, 15) is 18.0 Å². The second-order valence-corrected chi connectivity index (χ2v) is 4.66. The van der Waals surface area contributed by atoms with Gasteiger partial charge < -0.3 is 9.84 Å². The molecule has 0 spiro atoms. The van der Waals surface area contributed by atoms with Crippen molar-refractivity contribution in [2.75, 3.05) is 11.3 Å². The molecule has 3 N–H and O–H groups in total. The first-order valence-electron chi connectivity index (χ1n) is 5.04. The second kappa shape index (κ2) is 6.04. The molecule has 0 aliphatic heterocycles. The van der Waals surface area contributed by atoms with Crippen LogP contribution in [0.4, 0.5) is 10.5 Å². The molecule has 10 nitrogen and oxygen atoms in total. The van der Waals surface area contributed by atoms with Gasteiger partial charge in [-0.3, -0.25) is 14.2 Å². The van der Waals surface area contributed by atoms with E-state index in [2.05, 4.69) is 9.84 Å². The van der Waals surface area contributed by atoms with E-state index in [4.69, 9.17) is 5.11 Å². The summed E-state index contributed by atoms with van der Waals surface area (Å²) in [5, 5.41) is 12.1. The molecule has 0 atom stereocenters. The molecule has 1 amide bonds. The van der Waals surface area contributed by atoms with Crippen LogP contribution in [0.3, 0.4) is 0 Å². The Bertz CT molecular complexity index is 566. The van der Waals surface area contributed by atoms with Crippen LogP contribution in [0.1, 0.15) is 6.92 Å². The maximum atomic E-state index is 11.4. The molecule has 1 aromatic rings. The van der Waals surface area contributed by atoms with Crippen LogP contribution in [0, 0.1) is 0 Å². The zero-order chi connectivity index (χ0) is 14.5. The first kappa shape index (κ1) is 14.8. The van der Waals surface area contributed by atoms with Gasteiger partial charge in [-0.1, -0.05) is 0 Å². The summed E-state index contributed by atoms with van der Waals surface area (Å²) in [5.74, 6) is -1.12. The lowest BCUT2D eigenvalue weighted by molar-refractivity contribution is -0.137. The predicted octanol–water partition coefficient (Wildman–Crippen LogP) is -0.629. The fraction of sp³-hybridized carbons (Fsp3) is 0.375. The number of aliphatic carboxylic acids is 1. The molecule has 19 heavy (non-hydrogen) atoms. The van der Waals surface area contributed by atoms with Gasteiger partial charge in [0, 0.05) is 6.20 Å². The molecule has 1 rings (SSSR count). The van der Waals surface area contributed by atoms with Gasteiger partial charge in [0.25, 0.3) is 0 Å². The SMILES string of the molecule is CCOC(=O)NS(=O)(=O)Nc1cnn(CC(=O)O)c1. The summed E-state index contributed by atoms with van der Waals surface area (Å²) < 4.78 is 31.9. The molecule has 0 bridgehead atoms. The summed E-state index contributed by atoms with van der Waals surface area (Å²) in [6, 6.07) is 0. The van der Waals surface area contributed by atoms with Crippen molar-refractivity contribution in [2.24, 2.45) is 0 Å². The van der Waals surface area contributed by atoms with Crippen molar-refractivity contribution in [3.63, 3.8) is 0 Å². The monoisotopic (exact) mass is 292 g/mol. The Morgan fingerprint density at radius 2 is 2.21 bits per heavy atom. The average molecular weight is 292 g/mol. The van der Waals surface area contributed by atoms with Crippen LogP contribution in [0.5, 0.6) is 0 Å². The van der Waals surface area contributed by atoms with E-state index >= 15 is 0 Å². The molecule has 0 aromatic carbocycles. The van der Waals surface area contributed by atoms with Gasteiger partial charge in [0.2, 0.25) is 0 Å². The Kier molecular flexibility index (Phi) is 4.69. The van der Waals surface area contributed by atoms with Crippen LogP contribution in [-0.4, -0.2) is 42.0 Å². The highest BCUT2D eigenvalue weighted by Crippen LogP contribution is 2.06. The molecular formula is C8H12N4O6S. The highest BCUT2D eigenvalue weighted by molar-refractivity contribution is 7.91. The van der Waals surface area contributed by atoms with Crippen LogP contribution < -0.4 is 9.44 Å². The third kappa shape index (κ3) is 5.25. The maximum absolute atomic E-state index is 11.4. The van der Waals surface area contributed by atoms with Crippen molar-refractivity contribution < 1.29 is 27.9 Å². The summed E-state index contributed by atoms with van der Waals surface area (Å²) in [7, 11) is -4.15. The minimum absolute atomic E-state index is 0.0121. The smallest absolute Gasteiger partial charge is 0.422 e. The number of ether oxygens (including phenoxy) is 1. The molecule has 0 saturated heterocycles. The van der Waals surface area contributed by atoms with Crippen LogP contribution in [0.15, 0.2) is 12.4 Å². The summed E-state index contributed by atoms with van der Waals surface area (Å²) >= 11 is 0. The summed E-state index contributed by atoms with van der Waals surface area (Å²) in [6.45, 7) is 1.14. The van der Waals surface area contributed by atoms with Crippen LogP contribution >= 0.6 is 0 Å². The van der Waals surface area contributed by atoms with E-state index in [0.717, 1.165) is 10.9 Å². The molecule has 0 fully saturated rings. The molecule has 0 aliphatic carbocycles. The van der Waals surface area contributed by atoms with Gasteiger partial charge in [-0.25, -0.2) is 9.52 Å². The number of rotatable bonds is 6. The number of amides is 1. The van der Waals surface area contributed by atoms with Gasteiger partial charge in [-0.15, -0.1) is 0 Å². The first-order valence-corrected chi connectivity index (χ1v) is 6.52. The summed E-state index contributed by atoms with van der Waals surface area (Å²) in [4.78, 5) is 21.4. The number of anilines is 1. The lowest BCUT2D eigenvalue weighted by Crippen LogP contribution is -2.35. The number of hydrogen-bond donors (Lipinski definition) is 3. The molecule has 106 valence electrons. The molecular weight excluding hydrogens is 280 g/mol. The Morgan fingerprint density at radius 1 is 1.53 bits per heavy atom. The van der Waals surface area contributed by atoms with Crippen molar-refractivity contribution in [2.45, 2.75) is 13.5 Å². The fourth-order valence-electron chi connectivity index (χ4n) is 1.09. The maximum Gasteiger partial charge on any atom is 0.422 e. The standard InChI is InChI=1S/C8H12N4O6S/c1-2-18-8(15)11-19(16,17)10-6-3-9-12(4-6)5-7(13)14/h3-4,10H,2,5H2,1H3,(H,11,15)(H,13,14). The van der Waals surface area contributed by atoms with Crippen molar-refractivity contribution in [1.29, 1.82) is 0 Å². The van der Waals surface area contributed by atoms with Gasteiger partial charge in [0.15, 0.2) is 0 Å². The van der Waals surface area contributed by atoms with E-state index in [0.29, 0.717) is 0 Å². The number of carboxylic acids is 1. The van der Waals surface area contributed by atoms with Gasteiger partial charge in [-0.2, -0.15) is 13.5 Å². The van der Waals surface area contributed by atoms with E-state index in [1.165, 1.54) is 13.1 Å². The second-order valence-electron chi connectivity index (χ2n) is 3.25. The highest BCUT2D eigenvalue weighted by atomic mass is 32.2. The van der Waals surface area contributed by atoms with Crippen LogP contribution in [0.25, 0.3) is 0 Å². The number of carbonyl (C=O) groups excluding carboxylic acids is 1. The minimum Gasteiger partial charge on any atom is -0.480 e. The number of carboxylic acid groups (broad SMARTS) is 1. The normalized spacial score (nSPS) is 10.8. The largest absolute Gasteiger partial charge is 0.480 e. The van der Waals surface area contributed by atoms with E-state index in [1.54, 1.807) is 4.72 Å². The van der Waals surface area contributed by atoms with Crippen molar-refractivity contribution in [3.05, 3.63) is 12.4 Å². The van der Waals surface area contributed by atoms with Crippen LogP contribution in [-0.2, 0) is 26.3 Å². The number of hydrogen-bond acceptors (Lipinski definition) is 6. The third-order valence-electron chi connectivity index (χ3n) is 1.68. The first-order chi connectivity index (χ1) is 8.82. The van der Waals surface area contributed by atoms with Crippen molar-refractivity contribution in [3.8, 4) is 0 Å². The van der Waals surface area contributed by atoms with Crippen molar-refractivity contribution in [1.82, 2.24) is 14.5 Å². The van der Waals surface area contributed by atoms with Gasteiger partial charge in [0.05, 0.1) is 18.5 Å². The zero-order valence-corrected chi connectivity index (χ0v) is 10.7. The third-order valence-corrected chi connectivity index (χ3v) is 2.62. The van der Waals surface area contributed by atoms with E-state index in [-0.39, 0.29) is 12.3 Å². The zero-order valence-electron chi connectivity index (χ0n) is 9.86. The van der Waals surface area contributed by atoms with E-state index in [1.807, 2.05) is 4.72 Å². The van der Waals surface area contributed by atoms with Gasteiger partial charge in [-0.05, 0) is 6.92 Å². The Labute approximate surface area is 108 Å². The minimum atomic E-state index is -4.15. The molecule has 1 aromatic heterocycles. The Balaban J connectivity index is 2.65. The fourth-order valence-corrected chi connectivity index (χ4v) is 1.84. The highest BCUT2D eigenvalue weighted by Gasteiger charge is 2.16. The molecule has 0 saturated carbocycles. The topological polar surface area (TPSA) is 140 Å². The van der Waals surface area contributed by atoms with Gasteiger partial charge in [0.1, 0.15) is 6.54 Å². The molecule has 0 aliphatic rings. The Morgan fingerprint density at radius 3 is 2.79 bits per heavy atom. The molecule has 1 heterocycles. The average Bonchev–Trinajstić information content (AvgIpc) is 2.62. The van der Waals surface area contributed by atoms with Crippen molar-refractivity contribution >= 4 is 28.0 Å². The quantitative estimate of drug-likeness (QED) is 0.634. The lowest BCUT2D eigenvalue weighted by Gasteiger charge is -2.06. The lowest BCUT2D eigenvalue weighted by atomic mass is 10.6. The molecule has 0 radical (unpaired) electrons. The van der Waals surface area contributed by atoms with E-state index < -0.39 is 28.8 Å².